The second kappa shape index (κ2) is 4.78. The Balaban J connectivity index is 3.39. The molecule has 0 aromatic carbocycles. The highest BCUT2D eigenvalue weighted by Crippen LogP contribution is 2.35. The Hall–Kier alpha value is -0.510. The number of rotatable bonds is 2. The van der Waals surface area contributed by atoms with Gasteiger partial charge < -0.3 is 5.73 Å². The first-order valence-electron chi connectivity index (χ1n) is 4.02. The molecule has 0 bridgehead atoms. The van der Waals surface area contributed by atoms with Crippen LogP contribution in [-0.4, -0.2) is 4.98 Å². The average Bonchev–Trinajstić information content (AvgIpc) is 2.14. The van der Waals surface area contributed by atoms with Gasteiger partial charge in [0, 0.05) is 12.1 Å². The van der Waals surface area contributed by atoms with Crippen molar-refractivity contribution in [2.75, 3.05) is 0 Å². The van der Waals surface area contributed by atoms with E-state index in [1.807, 2.05) is 0 Å². The number of nitrogens with two attached hydrogens (primary N) is 1. The highest BCUT2D eigenvalue weighted by atomic mass is 127. The molecule has 0 atom stereocenters. The zero-order valence-corrected chi connectivity index (χ0v) is 9.81. The van der Waals surface area contributed by atoms with Gasteiger partial charge in [0.1, 0.15) is 3.70 Å². The highest BCUT2D eigenvalue weighted by Gasteiger charge is 2.35. The summed E-state index contributed by atoms with van der Waals surface area (Å²) in [5, 5.41) is 0. The van der Waals surface area contributed by atoms with E-state index in [1.54, 1.807) is 0 Å². The molecule has 90 valence electrons. The first kappa shape index (κ1) is 13.6. The predicted octanol–water partition coefficient (Wildman–Crippen LogP) is 3.10. The second-order valence-electron chi connectivity index (χ2n) is 2.87. The number of pyridine rings is 1. The fraction of sp³-hybridized carbons (Fsp3) is 0.375. The molecule has 0 unspecified atom stereocenters. The van der Waals surface area contributed by atoms with Crippen molar-refractivity contribution in [2.45, 2.75) is 19.1 Å². The third kappa shape index (κ3) is 2.78. The van der Waals surface area contributed by atoms with Crippen molar-refractivity contribution in [1.82, 2.24) is 4.98 Å². The first-order valence-corrected chi connectivity index (χ1v) is 5.10. The van der Waals surface area contributed by atoms with Gasteiger partial charge in [-0.25, -0.2) is 13.8 Å². The standard InChI is InChI=1S/C8H6F5IN2/c9-6(10)3-1-4(8(11,12)13)7(14)16-5(3)2-15/h1,6H,2,15H2. The zero-order chi connectivity index (χ0) is 12.5. The van der Waals surface area contributed by atoms with Crippen molar-refractivity contribution in [3.05, 3.63) is 26.6 Å². The summed E-state index contributed by atoms with van der Waals surface area (Å²) in [4.78, 5) is 3.44. The van der Waals surface area contributed by atoms with E-state index in [9.17, 15) is 22.0 Å². The minimum absolute atomic E-state index is 0.215. The summed E-state index contributed by atoms with van der Waals surface area (Å²) in [5.41, 5.74) is 2.99. The molecular formula is C8H6F5IN2. The van der Waals surface area contributed by atoms with Gasteiger partial charge in [0.15, 0.2) is 0 Å². The summed E-state index contributed by atoms with van der Waals surface area (Å²) in [6, 6.07) is 0.404. The summed E-state index contributed by atoms with van der Waals surface area (Å²) in [5.74, 6) is 0. The Labute approximate surface area is 101 Å². The van der Waals surface area contributed by atoms with Crippen molar-refractivity contribution in [2.24, 2.45) is 5.73 Å². The topological polar surface area (TPSA) is 38.9 Å². The predicted molar refractivity (Wildman–Crippen MR) is 54.8 cm³/mol. The maximum absolute atomic E-state index is 12.4. The van der Waals surface area contributed by atoms with Crippen LogP contribution in [0.15, 0.2) is 6.07 Å². The molecule has 0 amide bonds. The summed E-state index contributed by atoms with van der Waals surface area (Å²) in [6.45, 7) is -0.326. The molecule has 8 heteroatoms. The molecule has 0 aliphatic heterocycles. The molecule has 1 aromatic heterocycles. The summed E-state index contributed by atoms with van der Waals surface area (Å²) in [7, 11) is 0. The molecule has 1 aromatic rings. The normalized spacial score (nSPS) is 12.2. The molecule has 0 saturated carbocycles. The van der Waals surface area contributed by atoms with E-state index in [0.29, 0.717) is 6.07 Å². The highest BCUT2D eigenvalue weighted by molar-refractivity contribution is 14.1. The van der Waals surface area contributed by atoms with Gasteiger partial charge in [-0.15, -0.1) is 0 Å². The first-order chi connectivity index (χ1) is 7.27. The Morgan fingerprint density at radius 1 is 1.38 bits per heavy atom. The third-order valence-electron chi connectivity index (χ3n) is 1.82. The Morgan fingerprint density at radius 2 is 1.94 bits per heavy atom. The second-order valence-corrected chi connectivity index (χ2v) is 3.89. The molecular weight excluding hydrogens is 346 g/mol. The quantitative estimate of drug-likeness (QED) is 0.505. The van der Waals surface area contributed by atoms with Gasteiger partial charge in [0.25, 0.3) is 6.43 Å². The number of aromatic nitrogens is 1. The van der Waals surface area contributed by atoms with E-state index in [0.717, 1.165) is 0 Å². The fourth-order valence-electron chi connectivity index (χ4n) is 1.09. The summed E-state index contributed by atoms with van der Waals surface area (Å²) >= 11 is 1.34. The summed E-state index contributed by atoms with van der Waals surface area (Å²) in [6.07, 6.45) is -7.72. The van der Waals surface area contributed by atoms with E-state index in [2.05, 4.69) is 4.98 Å². The van der Waals surface area contributed by atoms with Crippen molar-refractivity contribution in [3.63, 3.8) is 0 Å². The van der Waals surface area contributed by atoms with Gasteiger partial charge in [-0.3, -0.25) is 0 Å². The summed E-state index contributed by atoms with van der Waals surface area (Å²) < 4.78 is 61.7. The lowest BCUT2D eigenvalue weighted by Gasteiger charge is -2.13. The largest absolute Gasteiger partial charge is 0.418 e. The smallest absolute Gasteiger partial charge is 0.325 e. The van der Waals surface area contributed by atoms with Crippen LogP contribution in [0, 0.1) is 3.70 Å². The van der Waals surface area contributed by atoms with E-state index >= 15 is 0 Å². The number of nitrogens with zero attached hydrogens (tertiary/aromatic N) is 1. The van der Waals surface area contributed by atoms with E-state index in [1.165, 1.54) is 22.6 Å². The van der Waals surface area contributed by atoms with Gasteiger partial charge in [-0.1, -0.05) is 0 Å². The lowest BCUT2D eigenvalue weighted by molar-refractivity contribution is -0.138. The molecule has 16 heavy (non-hydrogen) atoms. The maximum Gasteiger partial charge on any atom is 0.418 e. The zero-order valence-electron chi connectivity index (χ0n) is 7.65. The van der Waals surface area contributed by atoms with Crippen molar-refractivity contribution in [1.29, 1.82) is 0 Å². The van der Waals surface area contributed by atoms with E-state index < -0.39 is 23.7 Å². The van der Waals surface area contributed by atoms with Gasteiger partial charge >= 0.3 is 6.18 Å². The Morgan fingerprint density at radius 3 is 2.31 bits per heavy atom. The monoisotopic (exact) mass is 352 g/mol. The lowest BCUT2D eigenvalue weighted by Crippen LogP contribution is -2.14. The third-order valence-corrected chi connectivity index (χ3v) is 2.64. The van der Waals surface area contributed by atoms with Crippen LogP contribution in [0.3, 0.4) is 0 Å². The van der Waals surface area contributed by atoms with Crippen LogP contribution in [0.2, 0.25) is 0 Å². The van der Waals surface area contributed by atoms with Crippen LogP contribution in [0.1, 0.15) is 23.2 Å². The van der Waals surface area contributed by atoms with Gasteiger partial charge in [0.2, 0.25) is 0 Å². The molecule has 0 saturated heterocycles. The minimum Gasteiger partial charge on any atom is -0.325 e. The lowest BCUT2D eigenvalue weighted by atomic mass is 10.1. The van der Waals surface area contributed by atoms with Crippen LogP contribution >= 0.6 is 22.6 Å². The van der Waals surface area contributed by atoms with Crippen LogP contribution in [0.4, 0.5) is 22.0 Å². The SMILES string of the molecule is NCc1nc(I)c(C(F)(F)F)cc1C(F)F. The molecule has 0 fully saturated rings. The molecule has 0 radical (unpaired) electrons. The van der Waals surface area contributed by atoms with Crippen LogP contribution in [0.5, 0.6) is 0 Å². The number of alkyl halides is 5. The Bertz CT molecular complexity index is 391. The van der Waals surface area contributed by atoms with E-state index in [-0.39, 0.29) is 15.9 Å². The van der Waals surface area contributed by atoms with Crippen LogP contribution in [0.25, 0.3) is 0 Å². The minimum atomic E-state index is -4.69. The molecule has 0 spiro atoms. The molecule has 1 heterocycles. The fourth-order valence-corrected chi connectivity index (χ4v) is 1.85. The van der Waals surface area contributed by atoms with Crippen LogP contribution in [-0.2, 0) is 12.7 Å². The van der Waals surface area contributed by atoms with E-state index in [4.69, 9.17) is 5.73 Å². The average molecular weight is 352 g/mol. The number of halogens is 6. The molecule has 1 rings (SSSR count). The number of hydrogen-bond acceptors (Lipinski definition) is 2. The molecule has 2 nitrogen and oxygen atoms in total. The van der Waals surface area contributed by atoms with Gasteiger partial charge in [-0.2, -0.15) is 13.2 Å². The number of hydrogen-bond donors (Lipinski definition) is 1. The molecule has 2 N–H and O–H groups in total. The molecule has 0 aliphatic rings. The van der Waals surface area contributed by atoms with Crippen molar-refractivity contribution < 1.29 is 22.0 Å². The van der Waals surface area contributed by atoms with Gasteiger partial charge in [0.05, 0.1) is 11.3 Å². The van der Waals surface area contributed by atoms with Crippen LogP contribution < -0.4 is 5.73 Å². The van der Waals surface area contributed by atoms with Gasteiger partial charge in [-0.05, 0) is 28.7 Å². The Kier molecular flexibility index (Phi) is 4.05. The van der Waals surface area contributed by atoms with Crippen molar-refractivity contribution in [3.8, 4) is 0 Å². The van der Waals surface area contributed by atoms with Crippen molar-refractivity contribution >= 4 is 22.6 Å². The molecule has 0 aliphatic carbocycles. The maximum atomic E-state index is 12.4.